The molecule has 9 heteroatoms. The first-order chi connectivity index (χ1) is 11.0. The molecule has 128 valence electrons. The van der Waals surface area contributed by atoms with Crippen molar-refractivity contribution in [2.45, 2.75) is 18.0 Å². The van der Waals surface area contributed by atoms with E-state index in [1.807, 2.05) is 4.72 Å². The lowest BCUT2D eigenvalue weighted by molar-refractivity contribution is -0.137. The van der Waals surface area contributed by atoms with Gasteiger partial charge in [-0.15, -0.1) is 0 Å². The van der Waals surface area contributed by atoms with Gasteiger partial charge in [-0.25, -0.2) is 8.42 Å². The van der Waals surface area contributed by atoms with Gasteiger partial charge in [-0.1, -0.05) is 23.7 Å². The molecule has 24 heavy (non-hydrogen) atoms. The molecule has 0 atom stereocenters. The Hall–Kier alpha value is -2.06. The Balaban J connectivity index is 2.37. The highest BCUT2D eigenvalue weighted by atomic mass is 35.5. The highest BCUT2D eigenvalue weighted by molar-refractivity contribution is 7.92. The number of hydrogen-bond acceptors (Lipinski definition) is 3. The fourth-order valence-electron chi connectivity index (χ4n) is 1.85. The summed E-state index contributed by atoms with van der Waals surface area (Å²) >= 11 is 5.77. The Morgan fingerprint density at radius 1 is 1.08 bits per heavy atom. The summed E-state index contributed by atoms with van der Waals surface area (Å²) in [5.41, 5.74) is -1.11. The molecule has 0 amide bonds. The van der Waals surface area contributed by atoms with E-state index in [1.165, 1.54) is 31.2 Å². The van der Waals surface area contributed by atoms with Crippen molar-refractivity contribution in [3.63, 3.8) is 0 Å². The summed E-state index contributed by atoms with van der Waals surface area (Å²) in [6, 6.07) is 7.31. The lowest BCUT2D eigenvalue weighted by Gasteiger charge is -2.13. The van der Waals surface area contributed by atoms with Crippen LogP contribution in [0.2, 0.25) is 5.02 Å². The highest BCUT2D eigenvalue weighted by Gasteiger charge is 2.31. The minimum absolute atomic E-state index is 0.174. The van der Waals surface area contributed by atoms with E-state index in [-0.39, 0.29) is 21.4 Å². The van der Waals surface area contributed by atoms with Crippen molar-refractivity contribution in [2.75, 3.05) is 4.72 Å². The van der Waals surface area contributed by atoms with Crippen LogP contribution in [0.25, 0.3) is 0 Å². The van der Waals surface area contributed by atoms with E-state index in [0.29, 0.717) is 11.6 Å². The molecule has 0 saturated carbocycles. The number of nitrogens with one attached hydrogen (secondary N) is 1. The fourth-order valence-corrected chi connectivity index (χ4v) is 3.14. The first kappa shape index (κ1) is 18.3. The first-order valence-corrected chi connectivity index (χ1v) is 8.37. The number of alkyl halides is 3. The second-order valence-electron chi connectivity index (χ2n) is 4.88. The quantitative estimate of drug-likeness (QED) is 0.805. The second-order valence-corrected chi connectivity index (χ2v) is 6.97. The molecule has 0 saturated heterocycles. The largest absolute Gasteiger partial charge is 0.416 e. The van der Waals surface area contributed by atoms with Gasteiger partial charge in [0.1, 0.15) is 0 Å². The Morgan fingerprint density at radius 2 is 1.67 bits per heavy atom. The van der Waals surface area contributed by atoms with Crippen LogP contribution in [-0.2, 0) is 16.2 Å². The van der Waals surface area contributed by atoms with Gasteiger partial charge < -0.3 is 0 Å². The number of benzene rings is 2. The number of carbonyl (C=O) groups is 1. The standard InChI is InChI=1S/C15H11ClF3NO3S/c1-9(21)10-2-5-12(6-3-10)24(22,23)20-14-8-11(15(17,18)19)4-7-13(14)16/h2-8,20H,1H3. The maximum atomic E-state index is 12.7. The lowest BCUT2D eigenvalue weighted by atomic mass is 10.2. The molecule has 0 aliphatic rings. The smallest absolute Gasteiger partial charge is 0.295 e. The highest BCUT2D eigenvalue weighted by Crippen LogP contribution is 2.34. The zero-order chi connectivity index (χ0) is 18.1. The van der Waals surface area contributed by atoms with Crippen molar-refractivity contribution in [1.29, 1.82) is 0 Å². The van der Waals surface area contributed by atoms with Crippen LogP contribution in [0.3, 0.4) is 0 Å². The molecule has 2 aromatic carbocycles. The van der Waals surface area contributed by atoms with E-state index in [1.54, 1.807) is 0 Å². The van der Waals surface area contributed by atoms with Crippen LogP contribution in [0.4, 0.5) is 18.9 Å². The average molecular weight is 378 g/mol. The van der Waals surface area contributed by atoms with Crippen molar-refractivity contribution >= 4 is 33.1 Å². The van der Waals surface area contributed by atoms with Crippen molar-refractivity contribution in [3.8, 4) is 0 Å². The van der Waals surface area contributed by atoms with Crippen LogP contribution in [0.5, 0.6) is 0 Å². The lowest BCUT2D eigenvalue weighted by Crippen LogP contribution is -2.14. The summed E-state index contributed by atoms with van der Waals surface area (Å²) in [5, 5.41) is -0.174. The predicted molar refractivity (Wildman–Crippen MR) is 83.7 cm³/mol. The number of hydrogen-bond donors (Lipinski definition) is 1. The minimum atomic E-state index is -4.63. The van der Waals surface area contributed by atoms with E-state index in [0.717, 1.165) is 12.1 Å². The van der Waals surface area contributed by atoms with E-state index in [4.69, 9.17) is 11.6 Å². The number of Topliss-reactive ketones (excluding diaryl/α,β-unsaturated/α-hetero) is 1. The SMILES string of the molecule is CC(=O)c1ccc(S(=O)(=O)Nc2cc(C(F)(F)F)ccc2Cl)cc1. The average Bonchev–Trinajstić information content (AvgIpc) is 2.48. The number of sulfonamides is 1. The monoisotopic (exact) mass is 377 g/mol. The van der Waals surface area contributed by atoms with Gasteiger partial charge in [0.15, 0.2) is 5.78 Å². The second kappa shape index (κ2) is 6.45. The summed E-state index contributed by atoms with van der Waals surface area (Å²) in [5.74, 6) is -0.243. The Morgan fingerprint density at radius 3 is 2.17 bits per heavy atom. The summed E-state index contributed by atoms with van der Waals surface area (Å²) < 4.78 is 64.7. The third-order valence-corrected chi connectivity index (χ3v) is 4.82. The molecule has 0 aliphatic carbocycles. The van der Waals surface area contributed by atoms with Gasteiger partial charge >= 0.3 is 6.18 Å². The maximum absolute atomic E-state index is 12.7. The maximum Gasteiger partial charge on any atom is 0.416 e. The van der Waals surface area contributed by atoms with Crippen molar-refractivity contribution in [3.05, 3.63) is 58.6 Å². The van der Waals surface area contributed by atoms with E-state index in [2.05, 4.69) is 0 Å². The molecule has 0 radical (unpaired) electrons. The molecule has 0 aromatic heterocycles. The molecule has 0 aliphatic heterocycles. The van der Waals surface area contributed by atoms with Crippen molar-refractivity contribution in [2.24, 2.45) is 0 Å². The number of anilines is 1. The number of ketones is 1. The Bertz CT molecular complexity index is 878. The Kier molecular flexibility index (Phi) is 4.91. The van der Waals surface area contributed by atoms with Crippen LogP contribution >= 0.6 is 11.6 Å². The minimum Gasteiger partial charge on any atom is -0.295 e. The van der Waals surface area contributed by atoms with Gasteiger partial charge in [0, 0.05) is 5.56 Å². The van der Waals surface area contributed by atoms with Crippen molar-refractivity contribution in [1.82, 2.24) is 0 Å². The van der Waals surface area contributed by atoms with Crippen LogP contribution in [-0.4, -0.2) is 14.2 Å². The zero-order valence-corrected chi connectivity index (χ0v) is 13.8. The van der Waals surface area contributed by atoms with Crippen LogP contribution < -0.4 is 4.72 Å². The topological polar surface area (TPSA) is 63.2 Å². The van der Waals surface area contributed by atoms with E-state index >= 15 is 0 Å². The molecular formula is C15H11ClF3NO3S. The first-order valence-electron chi connectivity index (χ1n) is 6.51. The third kappa shape index (κ3) is 4.07. The molecule has 0 heterocycles. The number of carbonyl (C=O) groups excluding carboxylic acids is 1. The summed E-state index contributed by atoms with van der Waals surface area (Å²) in [7, 11) is -4.15. The zero-order valence-electron chi connectivity index (χ0n) is 12.2. The molecule has 0 bridgehead atoms. The van der Waals surface area contributed by atoms with Crippen LogP contribution in [0, 0.1) is 0 Å². The van der Waals surface area contributed by atoms with Gasteiger partial charge in [0.25, 0.3) is 10.0 Å². The van der Waals surface area contributed by atoms with Crippen molar-refractivity contribution < 1.29 is 26.4 Å². The summed E-state index contributed by atoms with van der Waals surface area (Å²) in [6.45, 7) is 1.32. The van der Waals surface area contributed by atoms with E-state index < -0.39 is 21.8 Å². The number of halogens is 4. The molecule has 2 aromatic rings. The van der Waals surface area contributed by atoms with Gasteiger partial charge in [0.2, 0.25) is 0 Å². The van der Waals surface area contributed by atoms with Gasteiger partial charge in [0.05, 0.1) is 21.2 Å². The molecule has 1 N–H and O–H groups in total. The number of rotatable bonds is 4. The molecule has 4 nitrogen and oxygen atoms in total. The molecular weight excluding hydrogens is 367 g/mol. The molecule has 0 unspecified atom stereocenters. The molecule has 2 rings (SSSR count). The normalized spacial score (nSPS) is 12.0. The summed E-state index contributed by atoms with van der Waals surface area (Å²) in [4.78, 5) is 11.0. The summed E-state index contributed by atoms with van der Waals surface area (Å²) in [6.07, 6.45) is -4.63. The fraction of sp³-hybridized carbons (Fsp3) is 0.133. The van der Waals surface area contributed by atoms with Gasteiger partial charge in [-0.2, -0.15) is 13.2 Å². The van der Waals surface area contributed by atoms with Gasteiger partial charge in [-0.05, 0) is 37.3 Å². The third-order valence-electron chi connectivity index (χ3n) is 3.11. The van der Waals surface area contributed by atoms with Crippen LogP contribution in [0.1, 0.15) is 22.8 Å². The predicted octanol–water partition coefficient (Wildman–Crippen LogP) is 4.36. The molecule has 0 spiro atoms. The molecule has 0 fully saturated rings. The van der Waals surface area contributed by atoms with Gasteiger partial charge in [-0.3, -0.25) is 9.52 Å². The van der Waals surface area contributed by atoms with Crippen LogP contribution in [0.15, 0.2) is 47.4 Å². The Labute approximate surface area is 141 Å². The van der Waals surface area contributed by atoms with E-state index in [9.17, 15) is 26.4 Å².